The standard InChI is InChI=1S/C23H19N5O3/c1-14-11-18(31-23(14)29)12-28-22-19(21(24)25-13-26-22)20(27-28)15-7-9-17(10-8-15)30-16-5-3-2-4-6-16/h2-10,13,18H,1,11-12H2,(H2,24,25,26). The molecule has 3 heterocycles. The molecule has 5 rings (SSSR count). The third-order valence-electron chi connectivity index (χ3n) is 5.08. The number of para-hydroxylation sites is 1. The van der Waals surface area contributed by atoms with Gasteiger partial charge in [0.05, 0.1) is 11.9 Å². The Hall–Kier alpha value is -4.20. The van der Waals surface area contributed by atoms with Crippen molar-refractivity contribution in [3.63, 3.8) is 0 Å². The summed E-state index contributed by atoms with van der Waals surface area (Å²) in [5.74, 6) is 1.43. The van der Waals surface area contributed by atoms with E-state index < -0.39 is 0 Å². The van der Waals surface area contributed by atoms with Crippen LogP contribution in [0.25, 0.3) is 22.3 Å². The first-order chi connectivity index (χ1) is 15.1. The lowest BCUT2D eigenvalue weighted by Crippen LogP contribution is -2.17. The molecule has 2 aromatic heterocycles. The van der Waals surface area contributed by atoms with Gasteiger partial charge in [0.2, 0.25) is 0 Å². The number of nitrogens with two attached hydrogens (primary N) is 1. The highest BCUT2D eigenvalue weighted by atomic mass is 16.5. The number of nitrogens with zero attached hydrogens (tertiary/aromatic N) is 4. The van der Waals surface area contributed by atoms with Crippen molar-refractivity contribution in [3.8, 4) is 22.8 Å². The molecule has 0 aliphatic carbocycles. The van der Waals surface area contributed by atoms with Gasteiger partial charge in [0.25, 0.3) is 0 Å². The molecule has 4 aromatic rings. The summed E-state index contributed by atoms with van der Waals surface area (Å²) in [5, 5.41) is 5.37. The van der Waals surface area contributed by atoms with Gasteiger partial charge in [-0.3, -0.25) is 0 Å². The monoisotopic (exact) mass is 413 g/mol. The van der Waals surface area contributed by atoms with Crippen LogP contribution in [0.15, 0.2) is 73.1 Å². The zero-order valence-electron chi connectivity index (χ0n) is 16.6. The molecular formula is C23H19N5O3. The zero-order chi connectivity index (χ0) is 21.4. The summed E-state index contributed by atoms with van der Waals surface area (Å²) in [6.07, 6.45) is 1.52. The lowest BCUT2D eigenvalue weighted by Gasteiger charge is -2.09. The number of rotatable bonds is 5. The minimum Gasteiger partial charge on any atom is -0.457 e. The molecule has 1 saturated heterocycles. The van der Waals surface area contributed by atoms with Crippen molar-refractivity contribution in [3.05, 3.63) is 73.1 Å². The fourth-order valence-electron chi connectivity index (χ4n) is 3.59. The normalized spacial score (nSPS) is 15.9. The molecule has 8 nitrogen and oxygen atoms in total. The van der Waals surface area contributed by atoms with Crippen molar-refractivity contribution >= 4 is 22.8 Å². The number of nitrogen functional groups attached to an aromatic ring is 1. The molecule has 0 saturated carbocycles. The summed E-state index contributed by atoms with van der Waals surface area (Å²) in [6.45, 7) is 4.09. The Labute approximate surface area is 177 Å². The molecule has 1 aliphatic rings. The zero-order valence-corrected chi connectivity index (χ0v) is 16.6. The average molecular weight is 413 g/mol. The van der Waals surface area contributed by atoms with Crippen LogP contribution < -0.4 is 10.5 Å². The van der Waals surface area contributed by atoms with Gasteiger partial charge < -0.3 is 15.2 Å². The van der Waals surface area contributed by atoms with Crippen LogP contribution in [-0.2, 0) is 16.1 Å². The van der Waals surface area contributed by atoms with E-state index in [0.29, 0.717) is 46.8 Å². The molecule has 1 aliphatic heterocycles. The van der Waals surface area contributed by atoms with Gasteiger partial charge in [-0.15, -0.1) is 0 Å². The number of ether oxygens (including phenoxy) is 2. The summed E-state index contributed by atoms with van der Waals surface area (Å²) < 4.78 is 12.9. The molecule has 8 heteroatoms. The minimum atomic E-state index is -0.371. The van der Waals surface area contributed by atoms with Crippen molar-refractivity contribution in [1.29, 1.82) is 0 Å². The van der Waals surface area contributed by atoms with E-state index in [0.717, 1.165) is 11.3 Å². The Balaban J connectivity index is 1.48. The molecule has 0 radical (unpaired) electrons. The van der Waals surface area contributed by atoms with E-state index >= 15 is 0 Å². The highest BCUT2D eigenvalue weighted by Gasteiger charge is 2.29. The largest absolute Gasteiger partial charge is 0.457 e. The van der Waals surface area contributed by atoms with Crippen LogP contribution in [0.1, 0.15) is 6.42 Å². The fraction of sp³-hybridized carbons (Fsp3) is 0.130. The van der Waals surface area contributed by atoms with Gasteiger partial charge in [-0.25, -0.2) is 19.4 Å². The number of benzene rings is 2. The van der Waals surface area contributed by atoms with Crippen LogP contribution in [-0.4, -0.2) is 31.8 Å². The molecule has 154 valence electrons. The smallest absolute Gasteiger partial charge is 0.333 e. The molecule has 0 bridgehead atoms. The van der Waals surface area contributed by atoms with Crippen LogP contribution >= 0.6 is 0 Å². The Morgan fingerprint density at radius 2 is 1.84 bits per heavy atom. The Morgan fingerprint density at radius 1 is 1.10 bits per heavy atom. The van der Waals surface area contributed by atoms with Crippen LogP contribution in [0, 0.1) is 0 Å². The Kier molecular flexibility index (Phi) is 4.59. The SMILES string of the molecule is C=C1CC(Cn2nc(-c3ccc(Oc4ccccc4)cc3)c3c(N)ncnc32)OC1=O. The second-order valence-electron chi connectivity index (χ2n) is 7.26. The van der Waals surface area contributed by atoms with Crippen LogP contribution in [0.4, 0.5) is 5.82 Å². The van der Waals surface area contributed by atoms with Crippen molar-refractivity contribution in [1.82, 2.24) is 19.7 Å². The van der Waals surface area contributed by atoms with Crippen molar-refractivity contribution < 1.29 is 14.3 Å². The summed E-state index contributed by atoms with van der Waals surface area (Å²) in [4.78, 5) is 20.2. The number of carbonyl (C=O) groups excluding carboxylic acids is 1. The van der Waals surface area contributed by atoms with Gasteiger partial charge >= 0.3 is 5.97 Å². The van der Waals surface area contributed by atoms with Crippen molar-refractivity contribution in [2.75, 3.05) is 5.73 Å². The Bertz CT molecular complexity index is 1270. The molecule has 1 atom stereocenters. The predicted octanol–water partition coefficient (Wildman–Crippen LogP) is 3.74. The third kappa shape index (κ3) is 3.59. The van der Waals surface area contributed by atoms with Gasteiger partial charge in [-0.05, 0) is 36.4 Å². The third-order valence-corrected chi connectivity index (χ3v) is 5.08. The van der Waals surface area contributed by atoms with Gasteiger partial charge in [0, 0.05) is 17.6 Å². The number of fused-ring (bicyclic) bond motifs is 1. The lowest BCUT2D eigenvalue weighted by atomic mass is 10.1. The van der Waals surface area contributed by atoms with E-state index in [1.54, 1.807) is 4.68 Å². The molecule has 31 heavy (non-hydrogen) atoms. The maximum Gasteiger partial charge on any atom is 0.333 e. The van der Waals surface area contributed by atoms with E-state index in [2.05, 4.69) is 16.5 Å². The van der Waals surface area contributed by atoms with E-state index in [1.165, 1.54) is 6.33 Å². The van der Waals surface area contributed by atoms with Crippen LogP contribution in [0.3, 0.4) is 0 Å². The minimum absolute atomic E-state index is 0.337. The maximum absolute atomic E-state index is 11.7. The average Bonchev–Trinajstić information content (AvgIpc) is 3.30. The predicted molar refractivity (Wildman–Crippen MR) is 115 cm³/mol. The number of carbonyl (C=O) groups is 1. The highest BCUT2D eigenvalue weighted by Crippen LogP contribution is 2.32. The molecule has 1 unspecified atom stereocenters. The van der Waals surface area contributed by atoms with Crippen molar-refractivity contribution in [2.45, 2.75) is 19.1 Å². The Morgan fingerprint density at radius 3 is 2.55 bits per heavy atom. The van der Waals surface area contributed by atoms with Crippen LogP contribution in [0.2, 0.25) is 0 Å². The summed E-state index contributed by atoms with van der Waals surface area (Å²) in [5.41, 5.74) is 8.71. The number of hydrogen-bond donors (Lipinski definition) is 1. The molecule has 0 amide bonds. The number of cyclic esters (lactones) is 1. The number of esters is 1. The second kappa shape index (κ2) is 7.56. The molecule has 0 spiro atoms. The van der Waals surface area contributed by atoms with Crippen molar-refractivity contribution in [2.24, 2.45) is 0 Å². The van der Waals surface area contributed by atoms with Gasteiger partial charge in [0.1, 0.15) is 35.4 Å². The first-order valence-electron chi connectivity index (χ1n) is 9.77. The summed E-state index contributed by atoms with van der Waals surface area (Å²) >= 11 is 0. The quantitative estimate of drug-likeness (QED) is 0.392. The lowest BCUT2D eigenvalue weighted by molar-refractivity contribution is -0.139. The van der Waals surface area contributed by atoms with E-state index in [-0.39, 0.29) is 12.1 Å². The van der Waals surface area contributed by atoms with E-state index in [4.69, 9.17) is 20.3 Å². The highest BCUT2D eigenvalue weighted by molar-refractivity contribution is 5.98. The summed E-state index contributed by atoms with van der Waals surface area (Å²) in [6, 6.07) is 17.1. The molecule has 2 aromatic carbocycles. The first kappa shape index (κ1) is 18.8. The fourth-order valence-corrected chi connectivity index (χ4v) is 3.59. The van der Waals surface area contributed by atoms with E-state index in [9.17, 15) is 4.79 Å². The second-order valence-corrected chi connectivity index (χ2v) is 7.26. The topological polar surface area (TPSA) is 105 Å². The molecular weight excluding hydrogens is 394 g/mol. The van der Waals surface area contributed by atoms with Gasteiger partial charge in [-0.2, -0.15) is 5.10 Å². The van der Waals surface area contributed by atoms with Gasteiger partial charge in [-0.1, -0.05) is 24.8 Å². The van der Waals surface area contributed by atoms with E-state index in [1.807, 2.05) is 54.6 Å². The van der Waals surface area contributed by atoms with Crippen LogP contribution in [0.5, 0.6) is 11.5 Å². The maximum atomic E-state index is 11.7. The number of hydrogen-bond acceptors (Lipinski definition) is 7. The molecule has 1 fully saturated rings. The van der Waals surface area contributed by atoms with Gasteiger partial charge in [0.15, 0.2) is 5.65 Å². The number of anilines is 1. The first-order valence-corrected chi connectivity index (χ1v) is 9.77. The number of aromatic nitrogens is 4. The molecule has 2 N–H and O–H groups in total. The summed E-state index contributed by atoms with van der Waals surface area (Å²) in [7, 11) is 0.